The monoisotopic (exact) mass is 412 g/mol. The van der Waals surface area contributed by atoms with E-state index in [-0.39, 0.29) is 23.8 Å². The molecular weight excluding hydrogens is 384 g/mol. The third-order valence-electron chi connectivity index (χ3n) is 6.17. The molecule has 6 nitrogen and oxygen atoms in total. The second kappa shape index (κ2) is 9.48. The van der Waals surface area contributed by atoms with Crippen molar-refractivity contribution in [3.05, 3.63) is 47.2 Å². The van der Waals surface area contributed by atoms with Crippen molar-refractivity contribution in [3.8, 4) is 0 Å². The SMILES string of the molecule is O=C(CC1CCCC1)N[C@H](c1ccccn1)[C@@H]1CCCN(C(=O)c2cnsc2)C1. The Morgan fingerprint density at radius 1 is 1.21 bits per heavy atom. The highest BCUT2D eigenvalue weighted by Gasteiger charge is 2.33. The van der Waals surface area contributed by atoms with Crippen LogP contribution in [0.3, 0.4) is 0 Å². The van der Waals surface area contributed by atoms with Crippen LogP contribution in [0.15, 0.2) is 36.0 Å². The van der Waals surface area contributed by atoms with Gasteiger partial charge < -0.3 is 10.2 Å². The minimum absolute atomic E-state index is 0.0282. The van der Waals surface area contributed by atoms with Gasteiger partial charge in [0.15, 0.2) is 0 Å². The highest BCUT2D eigenvalue weighted by Crippen LogP contribution is 2.31. The lowest BCUT2D eigenvalue weighted by molar-refractivity contribution is -0.123. The molecular formula is C22H28N4O2S. The van der Waals surface area contributed by atoms with Crippen molar-refractivity contribution in [2.24, 2.45) is 11.8 Å². The Kier molecular flexibility index (Phi) is 6.54. The van der Waals surface area contributed by atoms with Gasteiger partial charge in [-0.3, -0.25) is 14.6 Å². The Bertz CT molecular complexity index is 805. The van der Waals surface area contributed by atoms with Crippen LogP contribution < -0.4 is 5.32 Å². The van der Waals surface area contributed by atoms with Crippen LogP contribution in [0.5, 0.6) is 0 Å². The molecule has 2 aliphatic rings. The van der Waals surface area contributed by atoms with Gasteiger partial charge >= 0.3 is 0 Å². The number of piperidine rings is 1. The molecule has 2 aromatic rings. The Morgan fingerprint density at radius 2 is 2.07 bits per heavy atom. The predicted octanol–water partition coefficient (Wildman–Crippen LogP) is 3.83. The van der Waals surface area contributed by atoms with Crippen LogP contribution in [-0.2, 0) is 4.79 Å². The van der Waals surface area contributed by atoms with E-state index in [1.807, 2.05) is 23.1 Å². The van der Waals surface area contributed by atoms with E-state index in [1.165, 1.54) is 24.4 Å². The van der Waals surface area contributed by atoms with Crippen molar-refractivity contribution in [1.82, 2.24) is 19.6 Å². The first-order valence-corrected chi connectivity index (χ1v) is 11.4. The van der Waals surface area contributed by atoms with Crippen LogP contribution in [0, 0.1) is 11.8 Å². The maximum Gasteiger partial charge on any atom is 0.256 e. The van der Waals surface area contributed by atoms with Crippen LogP contribution in [0.2, 0.25) is 0 Å². The average molecular weight is 413 g/mol. The van der Waals surface area contributed by atoms with E-state index in [9.17, 15) is 9.59 Å². The standard InChI is InChI=1S/C22H28N4O2S/c27-20(12-16-6-1-2-7-16)25-21(19-9-3-4-10-23-19)17-8-5-11-26(14-17)22(28)18-13-24-29-15-18/h3-4,9-10,13,15-17,21H,1-2,5-8,11-12,14H2,(H,25,27)/t17-,21+/m1/s1. The van der Waals surface area contributed by atoms with E-state index in [1.54, 1.807) is 17.8 Å². The maximum absolute atomic E-state index is 12.8. The fraction of sp³-hybridized carbons (Fsp3) is 0.545. The largest absolute Gasteiger partial charge is 0.347 e. The lowest BCUT2D eigenvalue weighted by Gasteiger charge is -2.37. The van der Waals surface area contributed by atoms with E-state index in [2.05, 4.69) is 14.7 Å². The fourth-order valence-electron chi connectivity index (χ4n) is 4.66. The summed E-state index contributed by atoms with van der Waals surface area (Å²) in [4.78, 5) is 32.0. The lowest BCUT2D eigenvalue weighted by Crippen LogP contribution is -2.45. The van der Waals surface area contributed by atoms with Crippen LogP contribution in [0.4, 0.5) is 0 Å². The molecule has 7 heteroatoms. The predicted molar refractivity (Wildman–Crippen MR) is 112 cm³/mol. The molecule has 1 N–H and O–H groups in total. The molecule has 2 fully saturated rings. The lowest BCUT2D eigenvalue weighted by atomic mass is 9.87. The molecule has 0 spiro atoms. The molecule has 3 heterocycles. The number of nitrogens with one attached hydrogen (secondary N) is 1. The van der Waals surface area contributed by atoms with Crippen LogP contribution in [0.1, 0.15) is 67.0 Å². The van der Waals surface area contributed by atoms with Gasteiger partial charge in [-0.25, -0.2) is 4.37 Å². The maximum atomic E-state index is 12.8. The van der Waals surface area contributed by atoms with Crippen LogP contribution in [-0.4, -0.2) is 39.2 Å². The number of nitrogens with zero attached hydrogens (tertiary/aromatic N) is 3. The summed E-state index contributed by atoms with van der Waals surface area (Å²) in [7, 11) is 0. The van der Waals surface area contributed by atoms with Crippen LogP contribution >= 0.6 is 11.5 Å². The fourth-order valence-corrected chi connectivity index (χ4v) is 5.17. The van der Waals surface area contributed by atoms with Gasteiger partial charge in [0.25, 0.3) is 5.91 Å². The summed E-state index contributed by atoms with van der Waals surface area (Å²) in [6, 6.07) is 5.66. The molecule has 29 heavy (non-hydrogen) atoms. The number of carbonyl (C=O) groups excluding carboxylic acids is 2. The molecule has 1 aliphatic carbocycles. The molecule has 4 rings (SSSR count). The van der Waals surface area contributed by atoms with Crippen molar-refractivity contribution in [1.29, 1.82) is 0 Å². The normalized spacial score (nSPS) is 21.1. The minimum atomic E-state index is -0.165. The quantitative estimate of drug-likeness (QED) is 0.782. The van der Waals surface area contributed by atoms with Crippen molar-refractivity contribution in [2.75, 3.05) is 13.1 Å². The zero-order valence-electron chi connectivity index (χ0n) is 16.6. The smallest absolute Gasteiger partial charge is 0.256 e. The summed E-state index contributed by atoms with van der Waals surface area (Å²) in [6.45, 7) is 1.37. The topological polar surface area (TPSA) is 75.2 Å². The molecule has 1 aliphatic heterocycles. The zero-order chi connectivity index (χ0) is 20.1. The molecule has 1 saturated heterocycles. The Hall–Kier alpha value is -2.28. The first-order valence-electron chi connectivity index (χ1n) is 10.6. The number of hydrogen-bond acceptors (Lipinski definition) is 5. The molecule has 0 aromatic carbocycles. The van der Waals surface area contributed by atoms with E-state index >= 15 is 0 Å². The van der Waals surface area contributed by atoms with E-state index in [0.29, 0.717) is 24.4 Å². The summed E-state index contributed by atoms with van der Waals surface area (Å²) in [6.07, 6.45) is 10.7. The third kappa shape index (κ3) is 5.01. The highest BCUT2D eigenvalue weighted by molar-refractivity contribution is 7.03. The molecule has 1 saturated carbocycles. The van der Waals surface area contributed by atoms with Gasteiger partial charge in [0.1, 0.15) is 0 Å². The number of rotatable bonds is 6. The number of pyridine rings is 1. The van der Waals surface area contributed by atoms with Crippen LogP contribution in [0.25, 0.3) is 0 Å². The Morgan fingerprint density at radius 3 is 2.79 bits per heavy atom. The van der Waals surface area contributed by atoms with E-state index in [0.717, 1.165) is 37.9 Å². The number of amides is 2. The van der Waals surface area contributed by atoms with Crippen molar-refractivity contribution >= 4 is 23.3 Å². The van der Waals surface area contributed by atoms with Crippen molar-refractivity contribution in [3.63, 3.8) is 0 Å². The van der Waals surface area contributed by atoms with Gasteiger partial charge in [-0.1, -0.05) is 18.9 Å². The molecule has 2 amide bonds. The second-order valence-corrected chi connectivity index (χ2v) is 8.88. The summed E-state index contributed by atoms with van der Waals surface area (Å²) in [5.41, 5.74) is 1.53. The molecule has 2 aromatic heterocycles. The molecule has 0 bridgehead atoms. The molecule has 2 atom stereocenters. The van der Waals surface area contributed by atoms with Gasteiger partial charge in [-0.2, -0.15) is 0 Å². The number of carbonyl (C=O) groups is 2. The summed E-state index contributed by atoms with van der Waals surface area (Å²) in [5.74, 6) is 0.801. The molecule has 0 unspecified atom stereocenters. The van der Waals surface area contributed by atoms with Gasteiger partial charge in [0.2, 0.25) is 5.91 Å². The van der Waals surface area contributed by atoms with Crippen molar-refractivity contribution < 1.29 is 9.59 Å². The summed E-state index contributed by atoms with van der Waals surface area (Å²) >= 11 is 1.29. The zero-order valence-corrected chi connectivity index (χ0v) is 17.4. The highest BCUT2D eigenvalue weighted by atomic mass is 32.1. The molecule has 154 valence electrons. The number of aromatic nitrogens is 2. The Balaban J connectivity index is 1.47. The summed E-state index contributed by atoms with van der Waals surface area (Å²) in [5, 5.41) is 5.07. The summed E-state index contributed by atoms with van der Waals surface area (Å²) < 4.78 is 4.06. The van der Waals surface area contributed by atoms with Gasteiger partial charge in [0.05, 0.1) is 23.5 Å². The van der Waals surface area contributed by atoms with Gasteiger partial charge in [-0.15, -0.1) is 0 Å². The number of hydrogen-bond donors (Lipinski definition) is 1. The average Bonchev–Trinajstić information content (AvgIpc) is 3.47. The third-order valence-corrected chi connectivity index (χ3v) is 6.75. The first kappa shape index (κ1) is 20.0. The Labute approximate surface area is 175 Å². The minimum Gasteiger partial charge on any atom is -0.347 e. The second-order valence-electron chi connectivity index (χ2n) is 8.22. The van der Waals surface area contributed by atoms with Gasteiger partial charge in [0, 0.05) is 37.0 Å². The molecule has 0 radical (unpaired) electrons. The first-order chi connectivity index (χ1) is 14.2. The van der Waals surface area contributed by atoms with E-state index < -0.39 is 0 Å². The van der Waals surface area contributed by atoms with Crippen molar-refractivity contribution in [2.45, 2.75) is 51.0 Å². The number of likely N-dealkylation sites (tertiary alicyclic amines) is 1. The van der Waals surface area contributed by atoms with Gasteiger partial charge in [-0.05, 0) is 55.3 Å². The van der Waals surface area contributed by atoms with E-state index in [4.69, 9.17) is 0 Å².